The molecule has 4 aromatic rings. The summed E-state index contributed by atoms with van der Waals surface area (Å²) >= 11 is 1.45. The highest BCUT2D eigenvalue weighted by atomic mass is 32.1. The van der Waals surface area contributed by atoms with Gasteiger partial charge in [-0.05, 0) is 24.6 Å². The molecule has 154 valence electrons. The maximum Gasteiger partial charge on any atom is 0.289 e. The number of hydrogen-bond donors (Lipinski definition) is 1. The molecule has 0 bridgehead atoms. The average Bonchev–Trinajstić information content (AvgIpc) is 3.49. The van der Waals surface area contributed by atoms with Crippen molar-refractivity contribution in [2.24, 2.45) is 0 Å². The molecule has 30 heavy (non-hydrogen) atoms. The van der Waals surface area contributed by atoms with Gasteiger partial charge < -0.3 is 14.4 Å². The van der Waals surface area contributed by atoms with E-state index in [2.05, 4.69) is 27.1 Å². The molecular weight excluding hydrogens is 402 g/mol. The van der Waals surface area contributed by atoms with Crippen LogP contribution in [-0.4, -0.2) is 61.6 Å². The Hall–Kier alpha value is -3.17. The van der Waals surface area contributed by atoms with Gasteiger partial charge in [0, 0.05) is 26.2 Å². The molecule has 1 fully saturated rings. The number of hydrogen-bond acceptors (Lipinski definition) is 7. The first kappa shape index (κ1) is 18.8. The van der Waals surface area contributed by atoms with Gasteiger partial charge in [-0.15, -0.1) is 5.10 Å². The van der Waals surface area contributed by atoms with E-state index >= 15 is 0 Å². The number of furan rings is 1. The zero-order chi connectivity index (χ0) is 20.7. The van der Waals surface area contributed by atoms with E-state index in [1.54, 1.807) is 12.1 Å². The van der Waals surface area contributed by atoms with E-state index in [1.807, 2.05) is 30.0 Å². The first-order chi connectivity index (χ1) is 14.6. The molecule has 1 aromatic carbocycles. The lowest BCUT2D eigenvalue weighted by molar-refractivity contribution is 0.0568. The minimum atomic E-state index is -0.138. The summed E-state index contributed by atoms with van der Waals surface area (Å²) in [4.78, 5) is 22.6. The van der Waals surface area contributed by atoms with E-state index in [0.29, 0.717) is 42.7 Å². The lowest BCUT2D eigenvalue weighted by Crippen LogP contribution is -2.49. The largest absolute Gasteiger partial charge is 0.492 e. The Morgan fingerprint density at radius 3 is 2.57 bits per heavy atom. The highest BCUT2D eigenvalue weighted by Gasteiger charge is 2.33. The highest BCUT2D eigenvalue weighted by molar-refractivity contribution is 7.17. The number of amides is 1. The summed E-state index contributed by atoms with van der Waals surface area (Å²) in [6, 6.07) is 13.4. The van der Waals surface area contributed by atoms with E-state index in [9.17, 15) is 9.90 Å². The first-order valence-electron chi connectivity index (χ1n) is 9.78. The van der Waals surface area contributed by atoms with Gasteiger partial charge >= 0.3 is 0 Å². The van der Waals surface area contributed by atoms with Crippen molar-refractivity contribution < 1.29 is 14.3 Å². The zero-order valence-electron chi connectivity index (χ0n) is 16.4. The molecule has 8 nitrogen and oxygen atoms in total. The van der Waals surface area contributed by atoms with Crippen LogP contribution in [-0.2, 0) is 0 Å². The zero-order valence-corrected chi connectivity index (χ0v) is 17.2. The summed E-state index contributed by atoms with van der Waals surface area (Å²) in [5, 5.41) is 15.2. The van der Waals surface area contributed by atoms with Crippen LogP contribution in [0.25, 0.3) is 4.96 Å². The molecule has 0 unspecified atom stereocenters. The number of rotatable bonds is 4. The van der Waals surface area contributed by atoms with Gasteiger partial charge in [0.25, 0.3) is 5.91 Å². The van der Waals surface area contributed by atoms with Gasteiger partial charge in [-0.1, -0.05) is 41.7 Å². The molecule has 1 aliphatic rings. The highest BCUT2D eigenvalue weighted by Crippen LogP contribution is 2.40. The Labute approximate surface area is 177 Å². The topological polar surface area (TPSA) is 87.1 Å². The lowest BCUT2D eigenvalue weighted by atomic mass is 10.0. The predicted octanol–water partition coefficient (Wildman–Crippen LogP) is 2.95. The van der Waals surface area contributed by atoms with Crippen molar-refractivity contribution in [1.82, 2.24) is 24.4 Å². The van der Waals surface area contributed by atoms with Crippen LogP contribution in [0, 0.1) is 6.92 Å². The number of aromatic nitrogens is 3. The maximum absolute atomic E-state index is 12.6. The quantitative estimate of drug-likeness (QED) is 0.543. The third kappa shape index (κ3) is 3.25. The number of benzene rings is 1. The molecule has 1 N–H and O–H groups in total. The summed E-state index contributed by atoms with van der Waals surface area (Å²) in [7, 11) is 0. The van der Waals surface area contributed by atoms with Crippen molar-refractivity contribution in [3.05, 3.63) is 70.8 Å². The molecule has 1 atom stereocenters. The van der Waals surface area contributed by atoms with E-state index in [-0.39, 0.29) is 17.8 Å². The van der Waals surface area contributed by atoms with Gasteiger partial charge in [-0.3, -0.25) is 9.69 Å². The van der Waals surface area contributed by atoms with Crippen LogP contribution < -0.4 is 0 Å². The number of carbonyl (C=O) groups is 1. The summed E-state index contributed by atoms with van der Waals surface area (Å²) in [5.74, 6) is 1.03. The van der Waals surface area contributed by atoms with Gasteiger partial charge in [-0.2, -0.15) is 4.52 Å². The first-order valence-corrected chi connectivity index (χ1v) is 10.6. The van der Waals surface area contributed by atoms with Gasteiger partial charge in [0.1, 0.15) is 5.82 Å². The molecule has 1 amide bonds. The van der Waals surface area contributed by atoms with E-state index < -0.39 is 0 Å². The van der Waals surface area contributed by atoms with Crippen LogP contribution in [0.3, 0.4) is 0 Å². The third-order valence-corrected chi connectivity index (χ3v) is 6.44. The molecule has 0 saturated carbocycles. The SMILES string of the molecule is Cc1nc2sc([C@@H](c3ccccc3)N3CCN(C(=O)c4ccco4)CC3)c(O)n2n1. The number of thiazole rings is 1. The standard InChI is InChI=1S/C21H21N5O3S/c1-14-22-21-26(23-14)20(28)18(30-21)17(15-6-3-2-4-7-15)24-9-11-25(12-10-24)19(27)16-8-5-13-29-16/h2-8,13,17,28H,9-12H2,1H3/t17-/m1/s1. The minimum Gasteiger partial charge on any atom is -0.492 e. The molecule has 4 heterocycles. The van der Waals surface area contributed by atoms with Crippen molar-refractivity contribution in [2.75, 3.05) is 26.2 Å². The van der Waals surface area contributed by atoms with Crippen molar-refractivity contribution >= 4 is 22.2 Å². The van der Waals surface area contributed by atoms with Crippen LogP contribution in [0.4, 0.5) is 0 Å². The molecule has 5 rings (SSSR count). The molecule has 0 spiro atoms. The summed E-state index contributed by atoms with van der Waals surface area (Å²) in [6.07, 6.45) is 1.51. The summed E-state index contributed by atoms with van der Waals surface area (Å²) in [6.45, 7) is 4.34. The average molecular weight is 423 g/mol. The number of carbonyl (C=O) groups excluding carboxylic acids is 1. The Morgan fingerprint density at radius 2 is 1.90 bits per heavy atom. The molecule has 3 aromatic heterocycles. The van der Waals surface area contributed by atoms with E-state index in [1.165, 1.54) is 22.1 Å². The van der Waals surface area contributed by atoms with E-state index in [0.717, 1.165) is 10.4 Å². The van der Waals surface area contributed by atoms with Crippen molar-refractivity contribution in [3.63, 3.8) is 0 Å². The number of piperazine rings is 1. The fourth-order valence-electron chi connectivity index (χ4n) is 3.93. The second-order valence-electron chi connectivity index (χ2n) is 7.26. The smallest absolute Gasteiger partial charge is 0.289 e. The summed E-state index contributed by atoms with van der Waals surface area (Å²) < 4.78 is 6.76. The van der Waals surface area contributed by atoms with Gasteiger partial charge in [0.2, 0.25) is 10.8 Å². The number of nitrogens with zero attached hydrogens (tertiary/aromatic N) is 5. The van der Waals surface area contributed by atoms with Crippen LogP contribution in [0.2, 0.25) is 0 Å². The van der Waals surface area contributed by atoms with Crippen LogP contribution in [0.5, 0.6) is 5.88 Å². The van der Waals surface area contributed by atoms with Crippen LogP contribution in [0.1, 0.15) is 32.9 Å². The second kappa shape index (κ2) is 7.58. The second-order valence-corrected chi connectivity index (χ2v) is 8.27. The Morgan fingerprint density at radius 1 is 1.13 bits per heavy atom. The number of aryl methyl sites for hydroxylation is 1. The van der Waals surface area contributed by atoms with Gasteiger partial charge in [-0.25, -0.2) is 4.98 Å². The number of fused-ring (bicyclic) bond motifs is 1. The fourth-order valence-corrected chi connectivity index (χ4v) is 5.09. The van der Waals surface area contributed by atoms with Gasteiger partial charge in [0.15, 0.2) is 5.76 Å². The summed E-state index contributed by atoms with van der Waals surface area (Å²) in [5.41, 5.74) is 1.08. The Kier molecular flexibility index (Phi) is 4.76. The monoisotopic (exact) mass is 423 g/mol. The van der Waals surface area contributed by atoms with E-state index in [4.69, 9.17) is 4.42 Å². The Balaban J connectivity index is 1.44. The van der Waals surface area contributed by atoms with Crippen LogP contribution in [0.15, 0.2) is 53.1 Å². The van der Waals surface area contributed by atoms with Crippen molar-refractivity contribution in [1.29, 1.82) is 0 Å². The molecule has 9 heteroatoms. The normalized spacial score (nSPS) is 16.2. The van der Waals surface area contributed by atoms with Gasteiger partial charge in [0.05, 0.1) is 17.2 Å². The molecular formula is C21H21N5O3S. The molecule has 1 aliphatic heterocycles. The minimum absolute atomic E-state index is 0.0898. The lowest BCUT2D eigenvalue weighted by Gasteiger charge is -2.38. The van der Waals surface area contributed by atoms with Crippen molar-refractivity contribution in [3.8, 4) is 5.88 Å². The third-order valence-electron chi connectivity index (χ3n) is 5.37. The predicted molar refractivity (Wildman–Crippen MR) is 112 cm³/mol. The fraction of sp³-hybridized carbons (Fsp3) is 0.286. The maximum atomic E-state index is 12.6. The van der Waals surface area contributed by atoms with Crippen LogP contribution >= 0.6 is 11.3 Å². The molecule has 0 aliphatic carbocycles. The molecule has 1 saturated heterocycles. The van der Waals surface area contributed by atoms with Crippen molar-refractivity contribution in [2.45, 2.75) is 13.0 Å². The number of aromatic hydroxyl groups is 1. The Bertz CT molecular complexity index is 1160. The molecule has 0 radical (unpaired) electrons.